The van der Waals surface area contributed by atoms with Crippen LogP contribution >= 0.6 is 0 Å². The van der Waals surface area contributed by atoms with E-state index >= 15 is 0 Å². The average Bonchev–Trinajstić information content (AvgIpc) is 2.34. The number of rotatable bonds is 0. The minimum Gasteiger partial charge on any atom is -0.334 e. The molecule has 0 aromatic heterocycles. The van der Waals surface area contributed by atoms with Crippen LogP contribution in [0.4, 0.5) is 0 Å². The lowest BCUT2D eigenvalue weighted by atomic mass is 10.2. The monoisotopic (exact) mass is 135 g/mol. The Morgan fingerprint density at radius 1 is 1.40 bits per heavy atom. The van der Waals surface area contributed by atoms with E-state index in [4.69, 9.17) is 4.52 Å². The van der Waals surface area contributed by atoms with Crippen LogP contribution in [0.1, 0.15) is 5.69 Å². The van der Waals surface area contributed by atoms with Crippen LogP contribution in [0.25, 0.3) is 11.5 Å². The van der Waals surface area contributed by atoms with Gasteiger partial charge in [0.25, 0.3) is 5.89 Å². The first-order valence-corrected chi connectivity index (χ1v) is 2.91. The Morgan fingerprint density at radius 2 is 2.30 bits per heavy atom. The fourth-order valence-corrected chi connectivity index (χ4v) is 0.828. The second-order valence-electron chi connectivity index (χ2n) is 2.02. The van der Waals surface area contributed by atoms with E-state index in [0.717, 1.165) is 11.3 Å². The van der Waals surface area contributed by atoms with Crippen LogP contribution in [0.5, 0.6) is 0 Å². The first-order valence-electron chi connectivity index (χ1n) is 2.91. The van der Waals surface area contributed by atoms with Crippen LogP contribution in [0.3, 0.4) is 0 Å². The van der Waals surface area contributed by atoms with Gasteiger partial charge in [-0.2, -0.15) is 5.10 Å². The molecule has 4 nitrogen and oxygen atoms in total. The molecule has 2 aliphatic rings. The molecule has 0 spiro atoms. The smallest absolute Gasteiger partial charge is 0.276 e. The fourth-order valence-electron chi connectivity index (χ4n) is 0.828. The third-order valence-corrected chi connectivity index (χ3v) is 1.35. The fraction of sp³-hybridized carbons (Fsp3) is 0.167. The second-order valence-corrected chi connectivity index (χ2v) is 2.02. The summed E-state index contributed by atoms with van der Waals surface area (Å²) in [7, 11) is 0. The van der Waals surface area contributed by atoms with Gasteiger partial charge in [-0.1, -0.05) is 5.16 Å². The van der Waals surface area contributed by atoms with E-state index in [0.29, 0.717) is 5.89 Å². The summed E-state index contributed by atoms with van der Waals surface area (Å²) in [6.07, 6.45) is 1.58. The largest absolute Gasteiger partial charge is 0.334 e. The lowest BCUT2D eigenvalue weighted by Gasteiger charge is -1.89. The van der Waals surface area contributed by atoms with Gasteiger partial charge in [-0.15, -0.1) is 5.10 Å². The van der Waals surface area contributed by atoms with Crippen molar-refractivity contribution < 1.29 is 4.52 Å². The summed E-state index contributed by atoms with van der Waals surface area (Å²) in [4.78, 5) is 0. The SMILES string of the molecule is Cc1nnc2onccc1-2. The molecule has 0 bridgehead atoms. The predicted molar refractivity (Wildman–Crippen MR) is 33.5 cm³/mol. The zero-order chi connectivity index (χ0) is 6.97. The van der Waals surface area contributed by atoms with Crippen LogP contribution in [0.2, 0.25) is 0 Å². The van der Waals surface area contributed by atoms with Crippen molar-refractivity contribution >= 4 is 0 Å². The van der Waals surface area contributed by atoms with E-state index in [1.54, 1.807) is 6.20 Å². The molecule has 0 unspecified atom stereocenters. The van der Waals surface area contributed by atoms with Gasteiger partial charge in [0, 0.05) is 0 Å². The standard InChI is InChI=1S/C6H5N3O/c1-4-5-2-3-7-10-6(5)9-8-4/h2-3H,1H3. The van der Waals surface area contributed by atoms with Gasteiger partial charge in [0.15, 0.2) is 0 Å². The Morgan fingerprint density at radius 3 is 3.10 bits per heavy atom. The summed E-state index contributed by atoms with van der Waals surface area (Å²) in [5, 5.41) is 11.1. The molecule has 0 radical (unpaired) electrons. The minimum atomic E-state index is 0.500. The summed E-state index contributed by atoms with van der Waals surface area (Å²) < 4.78 is 4.81. The third-order valence-electron chi connectivity index (χ3n) is 1.35. The summed E-state index contributed by atoms with van der Waals surface area (Å²) >= 11 is 0. The van der Waals surface area contributed by atoms with Crippen molar-refractivity contribution in [1.82, 2.24) is 15.4 Å². The number of fused-ring (bicyclic) bond motifs is 1. The molecule has 50 valence electrons. The molecule has 0 saturated heterocycles. The Kier molecular flexibility index (Phi) is 0.943. The Bertz CT molecular complexity index is 317. The average molecular weight is 135 g/mol. The van der Waals surface area contributed by atoms with Crippen LogP contribution in [0.15, 0.2) is 16.8 Å². The molecule has 0 aliphatic carbocycles. The van der Waals surface area contributed by atoms with Crippen molar-refractivity contribution in [2.24, 2.45) is 0 Å². The van der Waals surface area contributed by atoms with Gasteiger partial charge in [0.05, 0.1) is 17.5 Å². The number of nitrogens with zero attached hydrogens (tertiary/aromatic N) is 3. The molecule has 2 aliphatic heterocycles. The molecule has 0 aromatic carbocycles. The van der Waals surface area contributed by atoms with E-state index in [-0.39, 0.29) is 0 Å². The molecule has 2 heterocycles. The van der Waals surface area contributed by atoms with Crippen LogP contribution in [-0.4, -0.2) is 15.4 Å². The lowest BCUT2D eigenvalue weighted by molar-refractivity contribution is 0.401. The van der Waals surface area contributed by atoms with Gasteiger partial charge < -0.3 is 4.52 Å². The van der Waals surface area contributed by atoms with Crippen molar-refractivity contribution in [2.45, 2.75) is 6.92 Å². The number of aromatic nitrogens is 3. The highest BCUT2D eigenvalue weighted by Gasteiger charge is 2.10. The minimum absolute atomic E-state index is 0.500. The van der Waals surface area contributed by atoms with E-state index in [1.807, 2.05) is 13.0 Å². The van der Waals surface area contributed by atoms with Gasteiger partial charge in [0.2, 0.25) is 0 Å². The molecular weight excluding hydrogens is 130 g/mol. The van der Waals surface area contributed by atoms with Gasteiger partial charge in [-0.05, 0) is 13.0 Å². The Balaban J connectivity index is 2.78. The number of aryl methyl sites for hydroxylation is 1. The van der Waals surface area contributed by atoms with Crippen LogP contribution in [-0.2, 0) is 0 Å². The highest BCUT2D eigenvalue weighted by atomic mass is 16.5. The van der Waals surface area contributed by atoms with Gasteiger partial charge in [-0.3, -0.25) is 0 Å². The zero-order valence-electron chi connectivity index (χ0n) is 5.40. The molecule has 0 atom stereocenters. The number of hydrogen-bond donors (Lipinski definition) is 0. The third kappa shape index (κ3) is 0.586. The van der Waals surface area contributed by atoms with Gasteiger partial charge in [-0.25, -0.2) is 0 Å². The predicted octanol–water partition coefficient (Wildman–Crippen LogP) is 0.878. The molecule has 10 heavy (non-hydrogen) atoms. The van der Waals surface area contributed by atoms with E-state index in [9.17, 15) is 0 Å². The Hall–Kier alpha value is -1.45. The molecule has 2 rings (SSSR count). The van der Waals surface area contributed by atoms with Gasteiger partial charge in [0.1, 0.15) is 0 Å². The first kappa shape index (κ1) is 5.34. The van der Waals surface area contributed by atoms with Gasteiger partial charge >= 0.3 is 0 Å². The molecular formula is C6H5N3O. The maximum absolute atomic E-state index is 4.81. The molecule has 0 saturated carbocycles. The van der Waals surface area contributed by atoms with Crippen molar-refractivity contribution in [3.05, 3.63) is 18.0 Å². The highest BCUT2D eigenvalue weighted by molar-refractivity contribution is 5.55. The highest BCUT2D eigenvalue weighted by Crippen LogP contribution is 2.19. The summed E-state index contributed by atoms with van der Waals surface area (Å²) in [5.41, 5.74) is 1.80. The van der Waals surface area contributed by atoms with Crippen molar-refractivity contribution in [3.63, 3.8) is 0 Å². The van der Waals surface area contributed by atoms with E-state index in [2.05, 4.69) is 15.4 Å². The quantitative estimate of drug-likeness (QED) is 0.538. The normalized spacial score (nSPS) is 10.5. The van der Waals surface area contributed by atoms with Crippen LogP contribution in [0, 0.1) is 6.92 Å². The van der Waals surface area contributed by atoms with E-state index < -0.39 is 0 Å². The zero-order valence-corrected chi connectivity index (χ0v) is 5.40. The Labute approximate surface area is 57.2 Å². The summed E-state index contributed by atoms with van der Waals surface area (Å²) in [6, 6.07) is 1.83. The summed E-state index contributed by atoms with van der Waals surface area (Å²) in [5.74, 6) is 0.500. The second kappa shape index (κ2) is 1.76. The first-order chi connectivity index (χ1) is 4.88. The van der Waals surface area contributed by atoms with Crippen LogP contribution < -0.4 is 0 Å². The van der Waals surface area contributed by atoms with Crippen molar-refractivity contribution in [1.29, 1.82) is 0 Å². The number of hydrogen-bond acceptors (Lipinski definition) is 4. The molecule has 0 N–H and O–H groups in total. The van der Waals surface area contributed by atoms with Crippen molar-refractivity contribution in [3.8, 4) is 11.5 Å². The maximum atomic E-state index is 4.81. The maximum Gasteiger partial charge on any atom is 0.276 e. The topological polar surface area (TPSA) is 51.8 Å². The van der Waals surface area contributed by atoms with E-state index in [1.165, 1.54) is 0 Å². The molecule has 0 amide bonds. The lowest BCUT2D eigenvalue weighted by Crippen LogP contribution is -1.78. The molecule has 0 fully saturated rings. The van der Waals surface area contributed by atoms with Crippen molar-refractivity contribution in [2.75, 3.05) is 0 Å². The summed E-state index contributed by atoms with van der Waals surface area (Å²) in [6.45, 7) is 1.88. The molecule has 0 aromatic rings. The molecule has 4 heteroatoms.